The van der Waals surface area contributed by atoms with Gasteiger partial charge in [-0.25, -0.2) is 18.6 Å². The molecule has 8 heteroatoms. The van der Waals surface area contributed by atoms with Crippen molar-refractivity contribution in [3.8, 4) is 0 Å². The lowest BCUT2D eigenvalue weighted by molar-refractivity contribution is 0.0600. The zero-order valence-electron chi connectivity index (χ0n) is 14.7. The van der Waals surface area contributed by atoms with Gasteiger partial charge in [0.05, 0.1) is 12.7 Å². The molecule has 2 aromatic carbocycles. The van der Waals surface area contributed by atoms with Gasteiger partial charge in [0, 0.05) is 29.2 Å². The first-order chi connectivity index (χ1) is 13.5. The van der Waals surface area contributed by atoms with Crippen LogP contribution in [0.5, 0.6) is 0 Å². The van der Waals surface area contributed by atoms with E-state index in [-0.39, 0.29) is 11.3 Å². The van der Waals surface area contributed by atoms with Crippen molar-refractivity contribution >= 4 is 29.1 Å². The molecule has 6 nitrogen and oxygen atoms in total. The monoisotopic (exact) mass is 383 g/mol. The SMILES string of the molecule is COC(=O)c1ccc(Nc2cc(C(=O)Nc3ccc(F)c(F)c3)ccn2)cc1. The quantitative estimate of drug-likeness (QED) is 0.647. The van der Waals surface area contributed by atoms with Gasteiger partial charge in [-0.2, -0.15) is 0 Å². The molecule has 0 aliphatic carbocycles. The summed E-state index contributed by atoms with van der Waals surface area (Å²) in [4.78, 5) is 27.9. The highest BCUT2D eigenvalue weighted by atomic mass is 19.2. The van der Waals surface area contributed by atoms with E-state index in [9.17, 15) is 18.4 Å². The van der Waals surface area contributed by atoms with Crippen molar-refractivity contribution in [3.05, 3.63) is 83.6 Å². The number of carbonyl (C=O) groups excluding carboxylic acids is 2. The van der Waals surface area contributed by atoms with E-state index < -0.39 is 23.5 Å². The van der Waals surface area contributed by atoms with Gasteiger partial charge in [0.25, 0.3) is 5.91 Å². The molecule has 3 aromatic rings. The second-order valence-corrected chi connectivity index (χ2v) is 5.71. The topological polar surface area (TPSA) is 80.3 Å². The third-order valence-corrected chi connectivity index (χ3v) is 3.78. The molecule has 0 aliphatic heterocycles. The Hall–Kier alpha value is -3.81. The summed E-state index contributed by atoms with van der Waals surface area (Å²) in [6, 6.07) is 12.6. The van der Waals surface area contributed by atoms with Crippen molar-refractivity contribution < 1.29 is 23.1 Å². The lowest BCUT2D eigenvalue weighted by Crippen LogP contribution is -2.12. The van der Waals surface area contributed by atoms with E-state index >= 15 is 0 Å². The number of methoxy groups -OCH3 is 1. The standard InChI is InChI=1S/C20H15F2N3O3/c1-28-20(27)12-2-4-14(5-3-12)24-18-10-13(8-9-23-18)19(26)25-15-6-7-16(21)17(22)11-15/h2-11H,1H3,(H,23,24)(H,25,26). The number of amides is 1. The van der Waals surface area contributed by atoms with Gasteiger partial charge in [-0.3, -0.25) is 4.79 Å². The van der Waals surface area contributed by atoms with E-state index in [1.807, 2.05) is 0 Å². The lowest BCUT2D eigenvalue weighted by Gasteiger charge is -2.09. The van der Waals surface area contributed by atoms with E-state index in [4.69, 9.17) is 0 Å². The van der Waals surface area contributed by atoms with Crippen LogP contribution in [0.4, 0.5) is 26.0 Å². The van der Waals surface area contributed by atoms with Crippen LogP contribution in [-0.4, -0.2) is 24.0 Å². The van der Waals surface area contributed by atoms with Gasteiger partial charge in [-0.05, 0) is 48.5 Å². The Bertz CT molecular complexity index is 1020. The molecular formula is C20H15F2N3O3. The fraction of sp³-hybridized carbons (Fsp3) is 0.0500. The highest BCUT2D eigenvalue weighted by Crippen LogP contribution is 2.18. The van der Waals surface area contributed by atoms with Crippen molar-refractivity contribution in [1.82, 2.24) is 4.98 Å². The zero-order valence-corrected chi connectivity index (χ0v) is 14.7. The van der Waals surface area contributed by atoms with Crippen LogP contribution >= 0.6 is 0 Å². The van der Waals surface area contributed by atoms with Crippen LogP contribution in [0.2, 0.25) is 0 Å². The minimum Gasteiger partial charge on any atom is -0.465 e. The summed E-state index contributed by atoms with van der Waals surface area (Å²) >= 11 is 0. The maximum atomic E-state index is 13.3. The summed E-state index contributed by atoms with van der Waals surface area (Å²) in [6.45, 7) is 0. The summed E-state index contributed by atoms with van der Waals surface area (Å²) in [5, 5.41) is 5.50. The number of nitrogens with zero attached hydrogens (tertiary/aromatic N) is 1. The van der Waals surface area contributed by atoms with Crippen molar-refractivity contribution in [3.63, 3.8) is 0 Å². The zero-order chi connectivity index (χ0) is 20.1. The van der Waals surface area contributed by atoms with Gasteiger partial charge in [0.1, 0.15) is 5.82 Å². The molecule has 2 N–H and O–H groups in total. The summed E-state index contributed by atoms with van der Waals surface area (Å²) in [7, 11) is 1.30. The normalized spacial score (nSPS) is 10.2. The molecule has 0 spiro atoms. The molecule has 0 atom stereocenters. The Balaban J connectivity index is 1.71. The van der Waals surface area contributed by atoms with E-state index in [1.54, 1.807) is 24.3 Å². The fourth-order valence-corrected chi connectivity index (χ4v) is 2.37. The molecule has 1 aromatic heterocycles. The Kier molecular flexibility index (Phi) is 5.59. The molecule has 0 aliphatic rings. The summed E-state index contributed by atoms with van der Waals surface area (Å²) in [6.07, 6.45) is 1.44. The van der Waals surface area contributed by atoms with Crippen LogP contribution in [0.15, 0.2) is 60.8 Å². The highest BCUT2D eigenvalue weighted by molar-refractivity contribution is 6.04. The van der Waals surface area contributed by atoms with Crippen LogP contribution in [0.3, 0.4) is 0 Å². The predicted molar refractivity (Wildman–Crippen MR) is 99.6 cm³/mol. The molecule has 142 valence electrons. The molecule has 1 heterocycles. The summed E-state index contributed by atoms with van der Waals surface area (Å²) in [5.41, 5.74) is 1.46. The van der Waals surface area contributed by atoms with Crippen LogP contribution < -0.4 is 10.6 Å². The van der Waals surface area contributed by atoms with E-state index in [0.29, 0.717) is 17.1 Å². The van der Waals surface area contributed by atoms with Crippen molar-refractivity contribution in [2.45, 2.75) is 0 Å². The van der Waals surface area contributed by atoms with Crippen LogP contribution in [-0.2, 0) is 4.74 Å². The number of rotatable bonds is 5. The number of hydrogen-bond acceptors (Lipinski definition) is 5. The molecule has 0 unspecified atom stereocenters. The van der Waals surface area contributed by atoms with Gasteiger partial charge >= 0.3 is 5.97 Å². The van der Waals surface area contributed by atoms with Gasteiger partial charge in [0.2, 0.25) is 0 Å². The Labute approximate surface area is 159 Å². The number of halogens is 2. The second kappa shape index (κ2) is 8.26. The number of ether oxygens (including phenoxy) is 1. The number of pyridine rings is 1. The smallest absolute Gasteiger partial charge is 0.337 e. The van der Waals surface area contributed by atoms with Gasteiger partial charge in [-0.15, -0.1) is 0 Å². The van der Waals surface area contributed by atoms with Gasteiger partial charge in [0.15, 0.2) is 11.6 Å². The van der Waals surface area contributed by atoms with Crippen molar-refractivity contribution in [1.29, 1.82) is 0 Å². The Morgan fingerprint density at radius 3 is 2.29 bits per heavy atom. The van der Waals surface area contributed by atoms with E-state index in [2.05, 4.69) is 20.4 Å². The van der Waals surface area contributed by atoms with E-state index in [0.717, 1.165) is 12.1 Å². The number of benzene rings is 2. The van der Waals surface area contributed by atoms with Crippen LogP contribution in [0.1, 0.15) is 20.7 Å². The summed E-state index contributed by atoms with van der Waals surface area (Å²) < 4.78 is 30.9. The number of carbonyl (C=O) groups is 2. The van der Waals surface area contributed by atoms with Gasteiger partial charge < -0.3 is 15.4 Å². The lowest BCUT2D eigenvalue weighted by atomic mass is 10.2. The first-order valence-corrected chi connectivity index (χ1v) is 8.14. The average Bonchev–Trinajstić information content (AvgIpc) is 2.71. The minimum atomic E-state index is -1.05. The second-order valence-electron chi connectivity index (χ2n) is 5.71. The first kappa shape index (κ1) is 19.0. The first-order valence-electron chi connectivity index (χ1n) is 8.14. The number of anilines is 3. The number of aromatic nitrogens is 1. The largest absolute Gasteiger partial charge is 0.465 e. The predicted octanol–water partition coefficient (Wildman–Crippen LogP) is 4.14. The molecular weight excluding hydrogens is 368 g/mol. The molecule has 0 fully saturated rings. The van der Waals surface area contributed by atoms with Crippen molar-refractivity contribution in [2.24, 2.45) is 0 Å². The molecule has 0 bridgehead atoms. The number of hydrogen-bond donors (Lipinski definition) is 2. The fourth-order valence-electron chi connectivity index (χ4n) is 2.37. The molecule has 1 amide bonds. The molecule has 28 heavy (non-hydrogen) atoms. The van der Waals surface area contributed by atoms with E-state index in [1.165, 1.54) is 31.5 Å². The Morgan fingerprint density at radius 2 is 1.61 bits per heavy atom. The van der Waals surface area contributed by atoms with Crippen LogP contribution in [0.25, 0.3) is 0 Å². The summed E-state index contributed by atoms with van der Waals surface area (Å²) in [5.74, 6) is -2.60. The maximum Gasteiger partial charge on any atom is 0.337 e. The van der Waals surface area contributed by atoms with Crippen molar-refractivity contribution in [2.75, 3.05) is 17.7 Å². The third kappa shape index (κ3) is 4.47. The number of esters is 1. The molecule has 3 rings (SSSR count). The third-order valence-electron chi connectivity index (χ3n) is 3.78. The minimum absolute atomic E-state index is 0.133. The Morgan fingerprint density at radius 1 is 0.893 bits per heavy atom. The molecule has 0 radical (unpaired) electrons. The number of nitrogens with one attached hydrogen (secondary N) is 2. The highest BCUT2D eigenvalue weighted by Gasteiger charge is 2.10. The molecule has 0 saturated heterocycles. The molecule has 0 saturated carbocycles. The maximum absolute atomic E-state index is 13.3. The van der Waals surface area contributed by atoms with Crippen LogP contribution in [0, 0.1) is 11.6 Å². The van der Waals surface area contributed by atoms with Gasteiger partial charge in [-0.1, -0.05) is 0 Å². The average molecular weight is 383 g/mol.